The first-order valence-electron chi connectivity index (χ1n) is 19.7. The third-order valence-corrected chi connectivity index (χ3v) is 12.3. The monoisotopic (exact) mass is 725 g/mol. The fourth-order valence-electron chi connectivity index (χ4n) is 9.89. The molecular formula is C55H35NO. The third kappa shape index (κ3) is 4.53. The first kappa shape index (κ1) is 31.9. The van der Waals surface area contributed by atoms with Crippen LogP contribution in [0.2, 0.25) is 0 Å². The van der Waals surface area contributed by atoms with Crippen molar-refractivity contribution in [2.75, 3.05) is 0 Å². The maximum atomic E-state index is 6.49. The van der Waals surface area contributed by atoms with Crippen molar-refractivity contribution in [3.8, 4) is 39.1 Å². The average Bonchev–Trinajstić information content (AvgIpc) is 3.93. The Kier molecular flexibility index (Phi) is 6.88. The largest absolute Gasteiger partial charge is 0.455 e. The fraction of sp³-hybridized carbons (Fsp3) is 0.0182. The average molecular weight is 726 g/mol. The van der Waals surface area contributed by atoms with Gasteiger partial charge in [-0.1, -0.05) is 182 Å². The molecule has 12 rings (SSSR count). The lowest BCUT2D eigenvalue weighted by molar-refractivity contribution is 0.670. The minimum atomic E-state index is -0.549. The van der Waals surface area contributed by atoms with Crippen molar-refractivity contribution in [2.45, 2.75) is 5.41 Å². The van der Waals surface area contributed by atoms with Crippen LogP contribution >= 0.6 is 0 Å². The summed E-state index contributed by atoms with van der Waals surface area (Å²) in [5, 5.41) is 4.78. The molecule has 11 aromatic rings. The number of furan rings is 1. The van der Waals surface area contributed by atoms with Gasteiger partial charge in [-0.2, -0.15) is 0 Å². The van der Waals surface area contributed by atoms with E-state index in [4.69, 9.17) is 4.42 Å². The molecule has 57 heavy (non-hydrogen) atoms. The second kappa shape index (κ2) is 12.3. The van der Waals surface area contributed by atoms with Crippen LogP contribution in [0.3, 0.4) is 0 Å². The minimum absolute atomic E-state index is 0.549. The molecule has 1 atom stereocenters. The van der Waals surface area contributed by atoms with Gasteiger partial charge < -0.3 is 8.98 Å². The van der Waals surface area contributed by atoms with E-state index in [0.717, 1.165) is 33.1 Å². The zero-order valence-corrected chi connectivity index (χ0v) is 31.1. The van der Waals surface area contributed by atoms with Crippen molar-refractivity contribution in [1.29, 1.82) is 0 Å². The number of hydrogen-bond donors (Lipinski definition) is 0. The number of rotatable bonds is 5. The van der Waals surface area contributed by atoms with Gasteiger partial charge in [-0.3, -0.25) is 0 Å². The highest BCUT2D eigenvalue weighted by atomic mass is 16.3. The topological polar surface area (TPSA) is 18.1 Å². The molecule has 0 saturated heterocycles. The SMILES string of the molecule is c1ccc(-c2ccc3c(c2)c2ccccc2n3-c2cccc3c2-c2ccccc2C3(c2ccccc2)c2ccc(-c3cccc4c3oc3ccccc34)cc2)cc1. The number of aromatic nitrogens is 1. The van der Waals surface area contributed by atoms with Gasteiger partial charge in [0.05, 0.1) is 22.1 Å². The van der Waals surface area contributed by atoms with E-state index >= 15 is 0 Å². The Morgan fingerprint density at radius 3 is 1.84 bits per heavy atom. The molecule has 1 unspecified atom stereocenters. The predicted molar refractivity (Wildman–Crippen MR) is 236 cm³/mol. The molecule has 2 aromatic heterocycles. The van der Waals surface area contributed by atoms with E-state index in [1.807, 2.05) is 6.07 Å². The van der Waals surface area contributed by atoms with Crippen molar-refractivity contribution in [3.05, 3.63) is 235 Å². The lowest BCUT2D eigenvalue weighted by atomic mass is 9.67. The van der Waals surface area contributed by atoms with E-state index in [-0.39, 0.29) is 0 Å². The standard InChI is InChI=1S/C55H35NO/c1-3-15-36(16-4-1)38-31-34-50-46(35-38)42-19-8-11-26-49(42)56(50)51-27-14-25-48-53(51)45-21-7-10-24-47(45)55(48,39-17-5-2-6-18-39)40-32-29-37(30-33-40)41-22-13-23-44-43-20-9-12-28-52(43)57-54(41)44/h1-35H. The minimum Gasteiger partial charge on any atom is -0.455 e. The Morgan fingerprint density at radius 1 is 0.368 bits per heavy atom. The molecule has 0 bridgehead atoms. The number of hydrogen-bond acceptors (Lipinski definition) is 1. The quantitative estimate of drug-likeness (QED) is 0.173. The van der Waals surface area contributed by atoms with Crippen LogP contribution < -0.4 is 0 Å². The molecule has 0 fully saturated rings. The molecule has 0 aliphatic heterocycles. The summed E-state index contributed by atoms with van der Waals surface area (Å²) in [7, 11) is 0. The Balaban J connectivity index is 1.10. The van der Waals surface area contributed by atoms with Gasteiger partial charge in [-0.05, 0) is 74.8 Å². The first-order chi connectivity index (χ1) is 28.3. The van der Waals surface area contributed by atoms with Crippen LogP contribution in [0.4, 0.5) is 0 Å². The molecule has 0 N–H and O–H groups in total. The van der Waals surface area contributed by atoms with Gasteiger partial charge in [0.2, 0.25) is 0 Å². The number of benzene rings is 9. The number of fused-ring (bicyclic) bond motifs is 9. The molecule has 9 aromatic carbocycles. The van der Waals surface area contributed by atoms with Crippen molar-refractivity contribution >= 4 is 43.7 Å². The van der Waals surface area contributed by atoms with Crippen LogP contribution in [0.15, 0.2) is 217 Å². The molecule has 1 aliphatic rings. The van der Waals surface area contributed by atoms with E-state index in [2.05, 4.69) is 211 Å². The van der Waals surface area contributed by atoms with Gasteiger partial charge in [0.1, 0.15) is 11.2 Å². The summed E-state index contributed by atoms with van der Waals surface area (Å²) in [6.07, 6.45) is 0. The highest BCUT2D eigenvalue weighted by Crippen LogP contribution is 2.58. The maximum Gasteiger partial charge on any atom is 0.143 e. The Labute approximate surface area is 330 Å². The Bertz CT molecular complexity index is 3330. The molecule has 0 saturated carbocycles. The zero-order valence-electron chi connectivity index (χ0n) is 31.1. The normalized spacial score (nSPS) is 14.7. The van der Waals surface area contributed by atoms with Gasteiger partial charge in [-0.15, -0.1) is 0 Å². The van der Waals surface area contributed by atoms with E-state index in [1.165, 1.54) is 72.0 Å². The molecule has 0 radical (unpaired) electrons. The van der Waals surface area contributed by atoms with Crippen molar-refractivity contribution in [1.82, 2.24) is 4.57 Å². The smallest absolute Gasteiger partial charge is 0.143 e. The van der Waals surface area contributed by atoms with Crippen molar-refractivity contribution in [3.63, 3.8) is 0 Å². The predicted octanol–water partition coefficient (Wildman–Crippen LogP) is 14.4. The second-order valence-corrected chi connectivity index (χ2v) is 15.2. The molecule has 0 amide bonds. The second-order valence-electron chi connectivity index (χ2n) is 15.2. The molecule has 266 valence electrons. The third-order valence-electron chi connectivity index (χ3n) is 12.3. The van der Waals surface area contributed by atoms with Crippen LogP contribution in [-0.2, 0) is 5.41 Å². The summed E-state index contributed by atoms with van der Waals surface area (Å²) < 4.78 is 8.98. The fourth-order valence-corrected chi connectivity index (χ4v) is 9.89. The Hall–Kier alpha value is -7.42. The van der Waals surface area contributed by atoms with Gasteiger partial charge in [0, 0.05) is 32.7 Å². The van der Waals surface area contributed by atoms with E-state index in [0.29, 0.717) is 0 Å². The Morgan fingerprint density at radius 2 is 0.982 bits per heavy atom. The van der Waals surface area contributed by atoms with Gasteiger partial charge >= 0.3 is 0 Å². The van der Waals surface area contributed by atoms with E-state index < -0.39 is 5.41 Å². The summed E-state index contributed by atoms with van der Waals surface area (Å²) in [6.45, 7) is 0. The van der Waals surface area contributed by atoms with Crippen LogP contribution in [0.1, 0.15) is 22.3 Å². The summed E-state index contributed by atoms with van der Waals surface area (Å²) in [5.74, 6) is 0. The van der Waals surface area contributed by atoms with Crippen LogP contribution in [0.25, 0.3) is 82.8 Å². The molecule has 2 heteroatoms. The maximum absolute atomic E-state index is 6.49. The van der Waals surface area contributed by atoms with Crippen molar-refractivity contribution in [2.24, 2.45) is 0 Å². The summed E-state index contributed by atoms with van der Waals surface area (Å²) in [5.41, 5.74) is 17.1. The lowest BCUT2D eigenvalue weighted by Crippen LogP contribution is -2.28. The van der Waals surface area contributed by atoms with Gasteiger partial charge in [0.15, 0.2) is 0 Å². The molecular weight excluding hydrogens is 691 g/mol. The molecule has 1 aliphatic carbocycles. The number of para-hydroxylation sites is 3. The van der Waals surface area contributed by atoms with Crippen molar-refractivity contribution < 1.29 is 4.42 Å². The van der Waals surface area contributed by atoms with E-state index in [1.54, 1.807) is 0 Å². The van der Waals surface area contributed by atoms with Gasteiger partial charge in [-0.25, -0.2) is 0 Å². The summed E-state index contributed by atoms with van der Waals surface area (Å²) in [6, 6.07) is 77.5. The lowest BCUT2D eigenvalue weighted by Gasteiger charge is -2.34. The van der Waals surface area contributed by atoms with E-state index in [9.17, 15) is 0 Å². The van der Waals surface area contributed by atoms with Gasteiger partial charge in [0.25, 0.3) is 0 Å². The summed E-state index contributed by atoms with van der Waals surface area (Å²) >= 11 is 0. The van der Waals surface area contributed by atoms with Crippen LogP contribution in [0, 0.1) is 0 Å². The highest BCUT2D eigenvalue weighted by Gasteiger charge is 2.47. The molecule has 2 nitrogen and oxygen atoms in total. The van der Waals surface area contributed by atoms with Crippen LogP contribution in [0.5, 0.6) is 0 Å². The number of nitrogens with zero attached hydrogens (tertiary/aromatic N) is 1. The van der Waals surface area contributed by atoms with Crippen LogP contribution in [-0.4, -0.2) is 4.57 Å². The summed E-state index contributed by atoms with van der Waals surface area (Å²) in [4.78, 5) is 0. The molecule has 2 heterocycles. The molecule has 0 spiro atoms. The zero-order chi connectivity index (χ0) is 37.5. The first-order valence-corrected chi connectivity index (χ1v) is 19.7. The highest BCUT2D eigenvalue weighted by molar-refractivity contribution is 6.12.